The Hall–Kier alpha value is -3.53. The fraction of sp³-hybridized carbons (Fsp3) is 0.316. The highest BCUT2D eigenvalue weighted by Gasteiger charge is 2.21. The molecular weight excluding hydrogens is 506 g/mol. The second-order valence-corrected chi connectivity index (χ2v) is 11.4. The van der Waals surface area contributed by atoms with E-state index in [2.05, 4.69) is 35.6 Å². The molecule has 16 heteroatoms. The van der Waals surface area contributed by atoms with E-state index in [-0.39, 0.29) is 41.7 Å². The molecule has 0 aliphatic heterocycles. The van der Waals surface area contributed by atoms with Crippen molar-refractivity contribution in [1.82, 2.24) is 24.9 Å². The van der Waals surface area contributed by atoms with Crippen LogP contribution in [0.1, 0.15) is 13.3 Å². The fourth-order valence-corrected chi connectivity index (χ4v) is 4.35. The molecule has 3 aromatic rings. The number of pyridine rings is 1. The molecule has 0 atom stereocenters. The lowest BCUT2D eigenvalue weighted by Gasteiger charge is -2.14. The smallest absolute Gasteiger partial charge is 0.233 e. The number of sulfone groups is 1. The van der Waals surface area contributed by atoms with E-state index >= 15 is 0 Å². The van der Waals surface area contributed by atoms with Crippen LogP contribution in [0, 0.1) is 11.6 Å². The third-order valence-electron chi connectivity index (χ3n) is 4.33. The molecule has 0 aromatic carbocycles. The summed E-state index contributed by atoms with van der Waals surface area (Å²) in [6.45, 7) is 1.74. The molecule has 0 amide bonds. The molecule has 0 saturated heterocycles. The van der Waals surface area contributed by atoms with Gasteiger partial charge in [-0.2, -0.15) is 0 Å². The van der Waals surface area contributed by atoms with E-state index in [9.17, 15) is 25.6 Å². The van der Waals surface area contributed by atoms with Crippen LogP contribution in [0.4, 0.5) is 31.9 Å². The van der Waals surface area contributed by atoms with Crippen molar-refractivity contribution in [3.05, 3.63) is 42.6 Å². The Morgan fingerprint density at radius 1 is 0.943 bits per heavy atom. The van der Waals surface area contributed by atoms with Crippen LogP contribution in [0.5, 0.6) is 0 Å². The van der Waals surface area contributed by atoms with Crippen molar-refractivity contribution in [2.45, 2.75) is 13.3 Å². The van der Waals surface area contributed by atoms with Crippen molar-refractivity contribution in [2.24, 2.45) is 0 Å². The van der Waals surface area contributed by atoms with Crippen molar-refractivity contribution in [1.29, 1.82) is 0 Å². The van der Waals surface area contributed by atoms with Crippen molar-refractivity contribution in [3.8, 4) is 11.4 Å². The Morgan fingerprint density at radius 3 is 2.40 bits per heavy atom. The average Bonchev–Trinajstić information content (AvgIpc) is 2.78. The largest absolute Gasteiger partial charge is 0.369 e. The molecule has 3 heterocycles. The molecule has 35 heavy (non-hydrogen) atoms. The van der Waals surface area contributed by atoms with Gasteiger partial charge >= 0.3 is 0 Å². The summed E-state index contributed by atoms with van der Waals surface area (Å²) in [6, 6.07) is 1.46. The second kappa shape index (κ2) is 10.8. The van der Waals surface area contributed by atoms with Gasteiger partial charge in [-0.1, -0.05) is 6.92 Å². The first-order valence-corrected chi connectivity index (χ1v) is 13.9. The Labute approximate surface area is 200 Å². The maximum absolute atomic E-state index is 15.0. The van der Waals surface area contributed by atoms with Gasteiger partial charge in [0.1, 0.15) is 33.4 Å². The van der Waals surface area contributed by atoms with Gasteiger partial charge in [-0.15, -0.1) is 0 Å². The zero-order valence-electron chi connectivity index (χ0n) is 18.7. The first kappa shape index (κ1) is 26.1. The Morgan fingerprint density at radius 2 is 1.69 bits per heavy atom. The second-order valence-electron chi connectivity index (χ2n) is 7.29. The standard InChI is InChI=1S/C19H22F2N8O4S2/c1-3-7-35(32,33)29-18-15(21)16(12(20)10-25-18)28-19-17(23-4-5-24-19)13-9-14(27-11-26-13)22-6-8-34(2,30)31/h4-5,9-11H,3,6-8H2,1-2H3,(H,22,26,27)(H2,24,25,28,29). The number of sulfonamides is 1. The molecule has 12 nitrogen and oxygen atoms in total. The van der Waals surface area contributed by atoms with Gasteiger partial charge < -0.3 is 10.6 Å². The fourth-order valence-electron chi connectivity index (χ4n) is 2.80. The van der Waals surface area contributed by atoms with Crippen LogP contribution in [0.25, 0.3) is 11.4 Å². The van der Waals surface area contributed by atoms with Gasteiger partial charge in [0.15, 0.2) is 23.3 Å². The molecule has 0 aliphatic rings. The average molecular weight is 529 g/mol. The Kier molecular flexibility index (Phi) is 8.06. The number of nitrogens with one attached hydrogen (secondary N) is 3. The summed E-state index contributed by atoms with van der Waals surface area (Å²) in [6.07, 6.45) is 5.87. The van der Waals surface area contributed by atoms with Gasteiger partial charge in [-0.25, -0.2) is 50.5 Å². The summed E-state index contributed by atoms with van der Waals surface area (Å²) in [5, 5.41) is 5.34. The van der Waals surface area contributed by atoms with E-state index in [1.807, 2.05) is 4.72 Å². The van der Waals surface area contributed by atoms with Crippen LogP contribution in [-0.4, -0.2) is 66.1 Å². The van der Waals surface area contributed by atoms with Crippen LogP contribution in [0.2, 0.25) is 0 Å². The van der Waals surface area contributed by atoms with Gasteiger partial charge in [0, 0.05) is 31.3 Å². The molecule has 188 valence electrons. The highest BCUT2D eigenvalue weighted by Crippen LogP contribution is 2.30. The Balaban J connectivity index is 1.91. The molecule has 0 fully saturated rings. The summed E-state index contributed by atoms with van der Waals surface area (Å²) in [5.41, 5.74) is -0.377. The lowest BCUT2D eigenvalue weighted by atomic mass is 10.2. The topological polar surface area (TPSA) is 169 Å². The molecule has 0 spiro atoms. The lowest BCUT2D eigenvalue weighted by molar-refractivity contribution is 0.580. The highest BCUT2D eigenvalue weighted by molar-refractivity contribution is 7.92. The van der Waals surface area contributed by atoms with Gasteiger partial charge in [0.25, 0.3) is 0 Å². The maximum atomic E-state index is 15.0. The Bertz CT molecular complexity index is 1420. The third kappa shape index (κ3) is 7.22. The molecule has 3 aromatic heterocycles. The summed E-state index contributed by atoms with van der Waals surface area (Å²) in [5.74, 6) is -3.21. The van der Waals surface area contributed by atoms with Crippen LogP contribution in [-0.2, 0) is 19.9 Å². The molecule has 3 N–H and O–H groups in total. The third-order valence-corrected chi connectivity index (χ3v) is 6.72. The molecular formula is C19H22F2N8O4S2. The SMILES string of the molecule is CCCS(=O)(=O)Nc1ncc(F)c(Nc2nccnc2-c2cc(NCCS(C)(=O)=O)ncn2)c1F. The van der Waals surface area contributed by atoms with Gasteiger partial charge in [0.05, 0.1) is 23.4 Å². The number of halogens is 2. The molecule has 0 saturated carbocycles. The van der Waals surface area contributed by atoms with E-state index < -0.39 is 43.0 Å². The number of anilines is 4. The normalized spacial score (nSPS) is 11.8. The number of aromatic nitrogens is 5. The quantitative estimate of drug-likeness (QED) is 0.332. The predicted molar refractivity (Wildman–Crippen MR) is 126 cm³/mol. The van der Waals surface area contributed by atoms with Crippen molar-refractivity contribution < 1.29 is 25.6 Å². The number of rotatable bonds is 11. The van der Waals surface area contributed by atoms with Crippen molar-refractivity contribution >= 4 is 43.0 Å². The highest BCUT2D eigenvalue weighted by atomic mass is 32.2. The van der Waals surface area contributed by atoms with Gasteiger partial charge in [-0.05, 0) is 6.42 Å². The number of hydrogen-bond donors (Lipinski definition) is 3. The summed E-state index contributed by atoms with van der Waals surface area (Å²) < 4.78 is 78.1. The summed E-state index contributed by atoms with van der Waals surface area (Å²) >= 11 is 0. The maximum Gasteiger partial charge on any atom is 0.233 e. The number of hydrogen-bond acceptors (Lipinski definition) is 11. The zero-order valence-corrected chi connectivity index (χ0v) is 20.3. The van der Waals surface area contributed by atoms with Crippen LogP contribution in [0.3, 0.4) is 0 Å². The first-order chi connectivity index (χ1) is 16.5. The summed E-state index contributed by atoms with van der Waals surface area (Å²) in [7, 11) is -7.06. The first-order valence-electron chi connectivity index (χ1n) is 10.2. The molecule has 3 rings (SSSR count). The van der Waals surface area contributed by atoms with Gasteiger partial charge in [-0.3, -0.25) is 4.72 Å². The van der Waals surface area contributed by atoms with Crippen molar-refractivity contribution in [3.63, 3.8) is 0 Å². The van der Waals surface area contributed by atoms with Gasteiger partial charge in [0.2, 0.25) is 10.0 Å². The lowest BCUT2D eigenvalue weighted by Crippen LogP contribution is -2.18. The monoisotopic (exact) mass is 528 g/mol. The van der Waals surface area contributed by atoms with Crippen LogP contribution >= 0.6 is 0 Å². The molecule has 0 bridgehead atoms. The molecule has 0 aliphatic carbocycles. The minimum Gasteiger partial charge on any atom is -0.369 e. The van der Waals surface area contributed by atoms with E-state index in [0.717, 1.165) is 6.26 Å². The van der Waals surface area contributed by atoms with E-state index in [1.54, 1.807) is 6.92 Å². The van der Waals surface area contributed by atoms with E-state index in [0.29, 0.717) is 12.0 Å². The molecule has 0 radical (unpaired) electrons. The van der Waals surface area contributed by atoms with E-state index in [4.69, 9.17) is 0 Å². The minimum atomic E-state index is -3.87. The van der Waals surface area contributed by atoms with Crippen LogP contribution < -0.4 is 15.4 Å². The van der Waals surface area contributed by atoms with E-state index in [1.165, 1.54) is 24.8 Å². The van der Waals surface area contributed by atoms with Crippen LogP contribution in [0.15, 0.2) is 31.0 Å². The molecule has 0 unspecified atom stereocenters. The summed E-state index contributed by atoms with van der Waals surface area (Å²) in [4.78, 5) is 19.8. The predicted octanol–water partition coefficient (Wildman–Crippen LogP) is 1.96. The zero-order chi connectivity index (χ0) is 25.6. The van der Waals surface area contributed by atoms with Crippen molar-refractivity contribution in [2.75, 3.05) is 39.7 Å². The number of nitrogens with zero attached hydrogens (tertiary/aromatic N) is 5. The minimum absolute atomic E-state index is 0.0837.